The first-order chi connectivity index (χ1) is 10.5. The van der Waals surface area contributed by atoms with Crippen LogP contribution in [0.1, 0.15) is 11.1 Å². The molecule has 2 N–H and O–H groups in total. The van der Waals surface area contributed by atoms with Crippen LogP contribution in [0.3, 0.4) is 0 Å². The van der Waals surface area contributed by atoms with Crippen LogP contribution in [0.25, 0.3) is 0 Å². The molecule has 0 aliphatic rings. The molecule has 0 bridgehead atoms. The molecule has 2 aromatic rings. The van der Waals surface area contributed by atoms with E-state index in [4.69, 9.17) is 0 Å². The van der Waals surface area contributed by atoms with Gasteiger partial charge in [0.05, 0.1) is 0 Å². The maximum atomic E-state index is 12.8. The number of hydrogen-bond donors (Lipinski definition) is 2. The van der Waals surface area contributed by atoms with Gasteiger partial charge in [0.25, 0.3) is 0 Å². The van der Waals surface area contributed by atoms with E-state index in [1.165, 1.54) is 12.1 Å². The van der Waals surface area contributed by atoms with E-state index in [0.29, 0.717) is 11.3 Å². The fourth-order valence-corrected chi connectivity index (χ4v) is 2.46. The lowest BCUT2D eigenvalue weighted by molar-refractivity contribution is -0.136. The molecular formula is C16H14FIN2O2. The Hall–Kier alpha value is -1.96. The van der Waals surface area contributed by atoms with E-state index in [0.717, 1.165) is 9.13 Å². The van der Waals surface area contributed by atoms with Crippen molar-refractivity contribution in [2.24, 2.45) is 0 Å². The third-order valence-corrected chi connectivity index (χ3v) is 3.68. The third-order valence-electron chi connectivity index (χ3n) is 3.01. The zero-order valence-electron chi connectivity index (χ0n) is 11.8. The normalized spacial score (nSPS) is 10.1. The maximum absolute atomic E-state index is 12.8. The number of carbonyl (C=O) groups is 2. The van der Waals surface area contributed by atoms with Crippen LogP contribution >= 0.6 is 22.6 Å². The minimum absolute atomic E-state index is 0.165. The summed E-state index contributed by atoms with van der Waals surface area (Å²) in [6, 6.07) is 11.2. The average Bonchev–Trinajstić information content (AvgIpc) is 2.49. The summed E-state index contributed by atoms with van der Waals surface area (Å²) in [5.41, 5.74) is 2.20. The molecule has 0 unspecified atom stereocenters. The molecule has 2 rings (SSSR count). The lowest BCUT2D eigenvalue weighted by Gasteiger charge is -2.09. The Bertz CT molecular complexity index is 702. The van der Waals surface area contributed by atoms with Crippen molar-refractivity contribution in [1.29, 1.82) is 0 Å². The van der Waals surface area contributed by atoms with Gasteiger partial charge in [-0.05, 0) is 71.0 Å². The topological polar surface area (TPSA) is 58.2 Å². The number of hydrogen-bond acceptors (Lipinski definition) is 2. The van der Waals surface area contributed by atoms with Crippen molar-refractivity contribution in [1.82, 2.24) is 5.32 Å². The largest absolute Gasteiger partial charge is 0.344 e. The van der Waals surface area contributed by atoms with Crippen LogP contribution in [0, 0.1) is 16.3 Å². The molecular weight excluding hydrogens is 398 g/mol. The summed E-state index contributed by atoms with van der Waals surface area (Å²) in [4.78, 5) is 23.6. The van der Waals surface area contributed by atoms with Crippen molar-refractivity contribution in [3.05, 3.63) is 63.0 Å². The molecule has 0 aliphatic carbocycles. The molecule has 0 spiro atoms. The number of aryl methyl sites for hydroxylation is 1. The van der Waals surface area contributed by atoms with Crippen molar-refractivity contribution in [2.45, 2.75) is 13.5 Å². The van der Waals surface area contributed by atoms with Crippen molar-refractivity contribution < 1.29 is 14.0 Å². The zero-order chi connectivity index (χ0) is 16.1. The van der Waals surface area contributed by atoms with E-state index in [1.807, 2.05) is 19.1 Å². The zero-order valence-corrected chi connectivity index (χ0v) is 14.0. The van der Waals surface area contributed by atoms with Gasteiger partial charge in [0.15, 0.2) is 0 Å². The second-order valence-corrected chi connectivity index (χ2v) is 5.97. The monoisotopic (exact) mass is 412 g/mol. The van der Waals surface area contributed by atoms with E-state index < -0.39 is 11.8 Å². The van der Waals surface area contributed by atoms with Crippen LogP contribution in [-0.4, -0.2) is 11.8 Å². The summed E-state index contributed by atoms with van der Waals surface area (Å²) >= 11 is 2.17. The molecule has 0 saturated carbocycles. The standard InChI is InChI=1S/C16H14FIN2O2/c1-10-8-13(18)6-7-14(10)20-16(22)15(21)19-9-11-2-4-12(17)5-3-11/h2-8H,9H2,1H3,(H,19,21)(H,20,22). The smallest absolute Gasteiger partial charge is 0.313 e. The molecule has 6 heteroatoms. The van der Waals surface area contributed by atoms with E-state index in [-0.39, 0.29) is 12.4 Å². The maximum Gasteiger partial charge on any atom is 0.313 e. The molecule has 0 aliphatic heterocycles. The molecule has 2 amide bonds. The summed E-state index contributed by atoms with van der Waals surface area (Å²) in [6.07, 6.45) is 0. The second-order valence-electron chi connectivity index (χ2n) is 4.72. The number of amides is 2. The van der Waals surface area contributed by atoms with Crippen molar-refractivity contribution in [3.63, 3.8) is 0 Å². The highest BCUT2D eigenvalue weighted by Gasteiger charge is 2.14. The first-order valence-electron chi connectivity index (χ1n) is 6.55. The summed E-state index contributed by atoms with van der Waals surface area (Å²) in [7, 11) is 0. The van der Waals surface area contributed by atoms with Crippen LogP contribution in [0.4, 0.5) is 10.1 Å². The molecule has 0 aromatic heterocycles. The highest BCUT2D eigenvalue weighted by atomic mass is 127. The van der Waals surface area contributed by atoms with E-state index in [1.54, 1.807) is 18.2 Å². The second kappa shape index (κ2) is 7.35. The quantitative estimate of drug-likeness (QED) is 0.602. The van der Waals surface area contributed by atoms with E-state index >= 15 is 0 Å². The molecule has 114 valence electrons. The van der Waals surface area contributed by atoms with Gasteiger partial charge in [-0.3, -0.25) is 9.59 Å². The van der Waals surface area contributed by atoms with Gasteiger partial charge in [-0.2, -0.15) is 0 Å². The average molecular weight is 412 g/mol. The number of benzene rings is 2. The molecule has 4 nitrogen and oxygen atoms in total. The first-order valence-corrected chi connectivity index (χ1v) is 7.63. The number of halogens is 2. The predicted molar refractivity (Wildman–Crippen MR) is 90.8 cm³/mol. The minimum atomic E-state index is -0.734. The van der Waals surface area contributed by atoms with E-state index in [2.05, 4.69) is 33.2 Å². The summed E-state index contributed by atoms with van der Waals surface area (Å²) < 4.78 is 13.8. The van der Waals surface area contributed by atoms with Gasteiger partial charge in [0, 0.05) is 15.8 Å². The number of anilines is 1. The van der Waals surface area contributed by atoms with Crippen molar-refractivity contribution in [2.75, 3.05) is 5.32 Å². The molecule has 0 atom stereocenters. The Kier molecular flexibility index (Phi) is 5.48. The fourth-order valence-electron chi connectivity index (χ4n) is 1.81. The van der Waals surface area contributed by atoms with Gasteiger partial charge in [0.1, 0.15) is 5.82 Å². The van der Waals surface area contributed by atoms with Gasteiger partial charge in [-0.25, -0.2) is 4.39 Å². The van der Waals surface area contributed by atoms with Gasteiger partial charge in [-0.15, -0.1) is 0 Å². The molecule has 2 aromatic carbocycles. The number of nitrogens with one attached hydrogen (secondary N) is 2. The lowest BCUT2D eigenvalue weighted by atomic mass is 10.2. The Morgan fingerprint density at radius 1 is 1.09 bits per heavy atom. The van der Waals surface area contributed by atoms with Gasteiger partial charge in [0.2, 0.25) is 0 Å². The summed E-state index contributed by atoms with van der Waals surface area (Å²) in [6.45, 7) is 2.02. The van der Waals surface area contributed by atoms with Gasteiger partial charge >= 0.3 is 11.8 Å². The highest BCUT2D eigenvalue weighted by Crippen LogP contribution is 2.17. The molecule has 0 radical (unpaired) electrons. The number of carbonyl (C=O) groups excluding carboxylic acids is 2. The Morgan fingerprint density at radius 2 is 1.77 bits per heavy atom. The molecule has 0 saturated heterocycles. The Morgan fingerprint density at radius 3 is 2.41 bits per heavy atom. The van der Waals surface area contributed by atoms with Crippen LogP contribution in [0.5, 0.6) is 0 Å². The first kappa shape index (κ1) is 16.4. The summed E-state index contributed by atoms with van der Waals surface area (Å²) in [5, 5.41) is 5.06. The lowest BCUT2D eigenvalue weighted by Crippen LogP contribution is -2.35. The third kappa shape index (κ3) is 4.52. The predicted octanol–water partition coefficient (Wildman–Crippen LogP) is 2.99. The van der Waals surface area contributed by atoms with Crippen LogP contribution in [0.15, 0.2) is 42.5 Å². The van der Waals surface area contributed by atoms with Gasteiger partial charge < -0.3 is 10.6 Å². The SMILES string of the molecule is Cc1cc(I)ccc1NC(=O)C(=O)NCc1ccc(F)cc1. The molecule has 0 heterocycles. The van der Waals surface area contributed by atoms with Crippen LogP contribution < -0.4 is 10.6 Å². The Balaban J connectivity index is 1.92. The fraction of sp³-hybridized carbons (Fsp3) is 0.125. The van der Waals surface area contributed by atoms with Crippen LogP contribution in [0.2, 0.25) is 0 Å². The van der Waals surface area contributed by atoms with Crippen molar-refractivity contribution >= 4 is 40.1 Å². The van der Waals surface area contributed by atoms with E-state index in [9.17, 15) is 14.0 Å². The molecule has 0 fully saturated rings. The van der Waals surface area contributed by atoms with Crippen LogP contribution in [-0.2, 0) is 16.1 Å². The van der Waals surface area contributed by atoms with Crippen molar-refractivity contribution in [3.8, 4) is 0 Å². The Labute approximate surface area is 141 Å². The molecule has 22 heavy (non-hydrogen) atoms. The minimum Gasteiger partial charge on any atom is -0.344 e. The summed E-state index contributed by atoms with van der Waals surface area (Å²) in [5.74, 6) is -1.81. The van der Waals surface area contributed by atoms with Gasteiger partial charge in [-0.1, -0.05) is 12.1 Å². The highest BCUT2D eigenvalue weighted by molar-refractivity contribution is 14.1. The number of rotatable bonds is 3.